The van der Waals surface area contributed by atoms with Crippen LogP contribution in [0.4, 0.5) is 32.8 Å². The molecule has 0 saturated carbocycles. The topological polar surface area (TPSA) is 6.48 Å². The van der Waals surface area contributed by atoms with Crippen molar-refractivity contribution in [2.24, 2.45) is 0 Å². The molecule has 0 aliphatic heterocycles. The normalized spacial score (nSPS) is 14.5. The second-order valence-electron chi connectivity index (χ2n) is 14.8. The van der Waals surface area contributed by atoms with E-state index in [1.54, 1.807) is 22.7 Å². The van der Waals surface area contributed by atoms with Gasteiger partial charge in [0.1, 0.15) is 0 Å². The van der Waals surface area contributed by atoms with Crippen LogP contribution in [0.25, 0.3) is 22.3 Å². The van der Waals surface area contributed by atoms with Crippen molar-refractivity contribution in [2.75, 3.05) is 9.80 Å². The largest absolute Gasteiger partial charge is 0.302 e. The summed E-state index contributed by atoms with van der Waals surface area (Å²) in [4.78, 5) is 4.82. The van der Waals surface area contributed by atoms with Crippen LogP contribution in [0.1, 0.15) is 61.1 Å². The number of para-hydroxylation sites is 2. The summed E-state index contributed by atoms with van der Waals surface area (Å²) >= 11 is 3.56. The van der Waals surface area contributed by atoms with Gasteiger partial charge in [-0.25, -0.2) is 0 Å². The average molecular weight is 685 g/mol. The van der Waals surface area contributed by atoms with Crippen LogP contribution in [0.5, 0.6) is 0 Å². The minimum Gasteiger partial charge on any atom is -0.302 e. The molecule has 2 aliphatic carbocycles. The molecule has 0 fully saturated rings. The number of thiophene rings is 2. The Kier molecular flexibility index (Phi) is 7.04. The number of nitrogens with zero attached hydrogens (tertiary/aromatic N) is 2. The molecular formula is C46H40N2S2. The highest BCUT2D eigenvalue weighted by molar-refractivity contribution is 7.14. The first-order valence-electron chi connectivity index (χ1n) is 17.4. The summed E-state index contributed by atoms with van der Waals surface area (Å²) < 4.78 is 0. The third kappa shape index (κ3) is 4.58. The van der Waals surface area contributed by atoms with Crippen molar-refractivity contribution in [1.82, 2.24) is 0 Å². The van der Waals surface area contributed by atoms with Gasteiger partial charge < -0.3 is 9.80 Å². The highest BCUT2D eigenvalue weighted by Crippen LogP contribution is 2.59. The van der Waals surface area contributed by atoms with Crippen LogP contribution in [0.2, 0.25) is 0 Å². The van der Waals surface area contributed by atoms with E-state index in [2.05, 4.69) is 183 Å². The average Bonchev–Trinajstić information content (AvgIpc) is 3.91. The first-order chi connectivity index (χ1) is 24.1. The van der Waals surface area contributed by atoms with E-state index in [0.717, 1.165) is 0 Å². The maximum Gasteiger partial charge on any atom is 0.0999 e. The Morgan fingerprint density at radius 1 is 0.420 bits per heavy atom. The van der Waals surface area contributed by atoms with E-state index >= 15 is 0 Å². The molecule has 0 saturated heterocycles. The van der Waals surface area contributed by atoms with E-state index < -0.39 is 0 Å². The summed E-state index contributed by atoms with van der Waals surface area (Å²) in [5, 5.41) is 6.78. The highest BCUT2D eigenvalue weighted by Gasteiger charge is 2.43. The molecule has 9 rings (SSSR count). The number of aryl methyl sites for hydroxylation is 2. The Morgan fingerprint density at radius 3 is 1.18 bits per heavy atom. The molecule has 0 unspecified atom stereocenters. The van der Waals surface area contributed by atoms with Crippen molar-refractivity contribution in [1.29, 1.82) is 0 Å². The maximum atomic E-state index is 2.55. The van der Waals surface area contributed by atoms with Gasteiger partial charge in [0, 0.05) is 33.6 Å². The van der Waals surface area contributed by atoms with Crippen molar-refractivity contribution in [3.8, 4) is 22.3 Å². The molecule has 7 aromatic rings. The molecule has 50 heavy (non-hydrogen) atoms. The summed E-state index contributed by atoms with van der Waals surface area (Å²) in [5.74, 6) is 0. The fourth-order valence-electron chi connectivity index (χ4n) is 8.59. The molecular weight excluding hydrogens is 645 g/mol. The zero-order valence-electron chi connectivity index (χ0n) is 29.4. The second-order valence-corrected chi connectivity index (χ2v) is 16.7. The molecule has 0 radical (unpaired) electrons. The zero-order valence-corrected chi connectivity index (χ0v) is 31.0. The summed E-state index contributed by atoms with van der Waals surface area (Å²) in [6.45, 7) is 14.3. The first-order valence-corrected chi connectivity index (χ1v) is 19.2. The van der Waals surface area contributed by atoms with Crippen molar-refractivity contribution >= 4 is 55.4 Å². The van der Waals surface area contributed by atoms with E-state index in [0.29, 0.717) is 0 Å². The van der Waals surface area contributed by atoms with Crippen molar-refractivity contribution in [3.63, 3.8) is 0 Å². The van der Waals surface area contributed by atoms with E-state index in [1.165, 1.54) is 88.4 Å². The minimum absolute atomic E-state index is 0.151. The number of benzene rings is 5. The standard InChI is InChI=1S/C46H40N2S2/c1-29-23-33(47(41-19-13-21-49-41)31-15-9-7-10-16-31)25-39-43(29)35-27-38-36(28-37(35)45(39,3)4)44-30(2)24-34(26-40(44)46(38,5)6)48(42-20-14-22-50-42)32-17-11-8-12-18-32/h7-28H,1-6H3. The van der Waals surface area contributed by atoms with Gasteiger partial charge >= 0.3 is 0 Å². The van der Waals surface area contributed by atoms with Crippen LogP contribution in [0, 0.1) is 13.8 Å². The molecule has 0 amide bonds. The van der Waals surface area contributed by atoms with Gasteiger partial charge in [-0.3, -0.25) is 0 Å². The Labute approximate surface area is 303 Å². The highest BCUT2D eigenvalue weighted by atomic mass is 32.1. The third-order valence-corrected chi connectivity index (χ3v) is 12.7. The number of hydrogen-bond donors (Lipinski definition) is 0. The zero-order chi connectivity index (χ0) is 34.4. The Bertz CT molecular complexity index is 2210. The molecule has 5 aromatic carbocycles. The molecule has 0 N–H and O–H groups in total. The molecule has 0 spiro atoms. The fourth-order valence-corrected chi connectivity index (χ4v) is 10.1. The van der Waals surface area contributed by atoms with Crippen LogP contribution in [0.15, 0.2) is 132 Å². The predicted molar refractivity (Wildman–Crippen MR) is 216 cm³/mol. The SMILES string of the molecule is Cc1cc(N(c2ccccc2)c2cccs2)cc2c1-c1cc3c(cc1C2(C)C)-c1c(C)cc(N(c2ccccc2)c2cccs2)cc1C3(C)C. The van der Waals surface area contributed by atoms with Crippen LogP contribution >= 0.6 is 22.7 Å². The lowest BCUT2D eigenvalue weighted by Crippen LogP contribution is -2.18. The fraction of sp³-hybridized carbons (Fsp3) is 0.174. The van der Waals surface area contributed by atoms with Crippen LogP contribution < -0.4 is 9.80 Å². The van der Waals surface area contributed by atoms with Gasteiger partial charge in [0.2, 0.25) is 0 Å². The van der Waals surface area contributed by atoms with Crippen LogP contribution in [0.3, 0.4) is 0 Å². The summed E-state index contributed by atoms with van der Waals surface area (Å²) in [7, 11) is 0. The van der Waals surface area contributed by atoms with Crippen molar-refractivity contribution in [3.05, 3.63) is 165 Å². The van der Waals surface area contributed by atoms with E-state index in [-0.39, 0.29) is 10.8 Å². The lowest BCUT2D eigenvalue weighted by molar-refractivity contribution is 0.652. The summed E-state index contributed by atoms with van der Waals surface area (Å²) in [6, 6.07) is 45.0. The molecule has 2 aliphatic rings. The maximum absolute atomic E-state index is 2.55. The predicted octanol–water partition coefficient (Wildman–Crippen LogP) is 14.0. The molecule has 246 valence electrons. The van der Waals surface area contributed by atoms with E-state index in [9.17, 15) is 0 Å². The van der Waals surface area contributed by atoms with Gasteiger partial charge in [-0.2, -0.15) is 0 Å². The lowest BCUT2D eigenvalue weighted by atomic mass is 9.79. The van der Waals surface area contributed by atoms with Gasteiger partial charge in [-0.05, 0) is 165 Å². The summed E-state index contributed by atoms with van der Waals surface area (Å²) in [5.41, 5.74) is 18.4. The molecule has 2 nitrogen and oxygen atoms in total. The molecule has 2 heterocycles. The lowest BCUT2D eigenvalue weighted by Gasteiger charge is -2.28. The molecule has 0 bridgehead atoms. The van der Waals surface area contributed by atoms with E-state index in [4.69, 9.17) is 0 Å². The number of anilines is 6. The van der Waals surface area contributed by atoms with E-state index in [1.807, 2.05) is 0 Å². The van der Waals surface area contributed by atoms with Crippen molar-refractivity contribution in [2.45, 2.75) is 52.4 Å². The quantitative estimate of drug-likeness (QED) is 0.172. The smallest absolute Gasteiger partial charge is 0.0999 e. The van der Waals surface area contributed by atoms with Gasteiger partial charge in [0.05, 0.1) is 10.0 Å². The first kappa shape index (κ1) is 31.1. The third-order valence-electron chi connectivity index (χ3n) is 11.0. The number of rotatable bonds is 6. The Hall–Kier alpha value is -4.90. The van der Waals surface area contributed by atoms with Gasteiger partial charge in [-0.1, -0.05) is 64.1 Å². The molecule has 2 aromatic heterocycles. The number of fused-ring (bicyclic) bond motifs is 6. The summed E-state index contributed by atoms with van der Waals surface area (Å²) in [6.07, 6.45) is 0. The Morgan fingerprint density at radius 2 is 0.820 bits per heavy atom. The molecule has 0 atom stereocenters. The minimum atomic E-state index is -0.151. The monoisotopic (exact) mass is 684 g/mol. The van der Waals surface area contributed by atoms with Gasteiger partial charge in [0.15, 0.2) is 0 Å². The van der Waals surface area contributed by atoms with Crippen LogP contribution in [-0.2, 0) is 10.8 Å². The molecule has 4 heteroatoms. The van der Waals surface area contributed by atoms with Crippen LogP contribution in [-0.4, -0.2) is 0 Å². The second kappa shape index (κ2) is 11.3. The Balaban J connectivity index is 1.19. The van der Waals surface area contributed by atoms with Crippen molar-refractivity contribution < 1.29 is 0 Å². The van der Waals surface area contributed by atoms with Gasteiger partial charge in [-0.15, -0.1) is 22.7 Å². The van der Waals surface area contributed by atoms with Gasteiger partial charge in [0.25, 0.3) is 0 Å². The number of hydrogen-bond acceptors (Lipinski definition) is 4.